The molecule has 0 radical (unpaired) electrons. The van der Waals surface area contributed by atoms with Gasteiger partial charge in [0.25, 0.3) is 5.91 Å². The van der Waals surface area contributed by atoms with Crippen molar-refractivity contribution in [3.05, 3.63) is 58.7 Å². The lowest BCUT2D eigenvalue weighted by molar-refractivity contribution is -0.187. The number of hydrogen-bond acceptors (Lipinski definition) is 6. The number of alkyl halides is 3. The molecule has 0 N–H and O–H groups in total. The van der Waals surface area contributed by atoms with Crippen LogP contribution in [0, 0.1) is 0 Å². The third kappa shape index (κ3) is 5.88. The molecule has 13 heteroatoms. The van der Waals surface area contributed by atoms with Crippen LogP contribution in [-0.4, -0.2) is 81.4 Å². The van der Waals surface area contributed by atoms with Crippen molar-refractivity contribution in [3.63, 3.8) is 0 Å². The zero-order chi connectivity index (χ0) is 28.4. The van der Waals surface area contributed by atoms with E-state index in [9.17, 15) is 31.2 Å². The van der Waals surface area contributed by atoms with Gasteiger partial charge in [-0.2, -0.15) is 25.9 Å². The minimum absolute atomic E-state index is 0.0727. The number of methoxy groups -OCH3 is 1. The molecular formula is C25H30F3N3O6S. The Morgan fingerprint density at radius 3 is 2.16 bits per heavy atom. The van der Waals surface area contributed by atoms with Crippen LogP contribution < -0.4 is 8.92 Å². The Morgan fingerprint density at radius 1 is 1.05 bits per heavy atom. The SMILES string of the molecule is CCN(CC)C(=O)c1ccc(C2c3cc(OS(=O)(=O)N(C)C)c(OC)cc3CCN2C(=O)C(F)(F)F)cc1. The number of amides is 2. The van der Waals surface area contributed by atoms with E-state index < -0.39 is 28.4 Å². The van der Waals surface area contributed by atoms with Crippen LogP contribution in [0.2, 0.25) is 0 Å². The topological polar surface area (TPSA) is 96.5 Å². The fraction of sp³-hybridized carbons (Fsp3) is 0.440. The summed E-state index contributed by atoms with van der Waals surface area (Å²) in [7, 11) is -0.400. The number of nitrogens with zero attached hydrogens (tertiary/aromatic N) is 3. The largest absolute Gasteiger partial charge is 0.493 e. The third-order valence-corrected chi connectivity index (χ3v) is 7.61. The van der Waals surface area contributed by atoms with E-state index in [-0.39, 0.29) is 35.9 Å². The molecular weight excluding hydrogens is 527 g/mol. The molecule has 208 valence electrons. The zero-order valence-corrected chi connectivity index (χ0v) is 22.5. The number of fused-ring (bicyclic) bond motifs is 1. The molecule has 0 aliphatic carbocycles. The predicted octanol–water partition coefficient (Wildman–Crippen LogP) is 3.40. The molecule has 1 aliphatic heterocycles. The maximum absolute atomic E-state index is 13.6. The van der Waals surface area contributed by atoms with Gasteiger partial charge in [-0.15, -0.1) is 0 Å². The average molecular weight is 558 g/mol. The van der Waals surface area contributed by atoms with Crippen LogP contribution in [0.1, 0.15) is 46.9 Å². The predicted molar refractivity (Wildman–Crippen MR) is 133 cm³/mol. The van der Waals surface area contributed by atoms with Crippen molar-refractivity contribution in [3.8, 4) is 11.5 Å². The molecule has 2 aromatic carbocycles. The lowest BCUT2D eigenvalue weighted by Crippen LogP contribution is -2.47. The highest BCUT2D eigenvalue weighted by atomic mass is 32.2. The molecule has 38 heavy (non-hydrogen) atoms. The highest BCUT2D eigenvalue weighted by molar-refractivity contribution is 7.84. The number of carbonyl (C=O) groups is 2. The van der Waals surface area contributed by atoms with Crippen molar-refractivity contribution >= 4 is 22.1 Å². The van der Waals surface area contributed by atoms with Gasteiger partial charge in [0.05, 0.1) is 13.2 Å². The first-order chi connectivity index (χ1) is 17.7. The molecule has 0 saturated carbocycles. The minimum Gasteiger partial charge on any atom is -0.493 e. The lowest BCUT2D eigenvalue weighted by Gasteiger charge is -2.38. The van der Waals surface area contributed by atoms with E-state index in [0.717, 1.165) is 4.31 Å². The van der Waals surface area contributed by atoms with Crippen LogP contribution in [0.15, 0.2) is 36.4 Å². The number of benzene rings is 2. The Kier molecular flexibility index (Phi) is 8.62. The van der Waals surface area contributed by atoms with Gasteiger partial charge >= 0.3 is 22.4 Å². The molecule has 0 aromatic heterocycles. The molecule has 1 aliphatic rings. The fourth-order valence-electron chi connectivity index (χ4n) is 4.28. The molecule has 9 nitrogen and oxygen atoms in total. The molecule has 0 fully saturated rings. The summed E-state index contributed by atoms with van der Waals surface area (Å²) < 4.78 is 76.8. The monoisotopic (exact) mass is 557 g/mol. The van der Waals surface area contributed by atoms with E-state index >= 15 is 0 Å². The van der Waals surface area contributed by atoms with Gasteiger partial charge < -0.3 is 18.7 Å². The summed E-state index contributed by atoms with van der Waals surface area (Å²) in [5, 5.41) is 0. The Labute approximate surface area is 220 Å². The number of ether oxygens (including phenoxy) is 1. The second kappa shape index (κ2) is 11.2. The van der Waals surface area contributed by atoms with Crippen molar-refractivity contribution in [2.45, 2.75) is 32.5 Å². The van der Waals surface area contributed by atoms with Crippen molar-refractivity contribution < 1.29 is 40.1 Å². The van der Waals surface area contributed by atoms with E-state index in [4.69, 9.17) is 8.92 Å². The maximum atomic E-state index is 13.6. The second-order valence-electron chi connectivity index (χ2n) is 8.77. The van der Waals surface area contributed by atoms with Crippen LogP contribution in [-0.2, 0) is 21.5 Å². The van der Waals surface area contributed by atoms with Gasteiger partial charge in [-0.25, -0.2) is 0 Å². The Hall–Kier alpha value is -3.32. The summed E-state index contributed by atoms with van der Waals surface area (Å²) >= 11 is 0. The summed E-state index contributed by atoms with van der Waals surface area (Å²) in [6, 6.07) is 7.54. The van der Waals surface area contributed by atoms with Crippen LogP contribution >= 0.6 is 0 Å². The lowest BCUT2D eigenvalue weighted by atomic mass is 9.87. The highest BCUT2D eigenvalue weighted by Crippen LogP contribution is 2.43. The number of carbonyl (C=O) groups excluding carboxylic acids is 2. The standard InChI is InChI=1S/C25H30F3N3O6S/c1-6-30(7-2)23(32)17-10-8-16(9-11-17)22-19-15-21(37-38(34,35)29(3)4)20(36-5)14-18(19)12-13-31(22)24(33)25(26,27)28/h8-11,14-15,22H,6-7,12-13H2,1-5H3. The van der Waals surface area contributed by atoms with Gasteiger partial charge in [-0.3, -0.25) is 9.59 Å². The minimum atomic E-state index is -5.13. The average Bonchev–Trinajstić information content (AvgIpc) is 2.87. The summed E-state index contributed by atoms with van der Waals surface area (Å²) in [6.07, 6.45) is -5.06. The van der Waals surface area contributed by atoms with Crippen molar-refractivity contribution in [2.24, 2.45) is 0 Å². The molecule has 1 atom stereocenters. The van der Waals surface area contributed by atoms with Gasteiger partial charge in [0, 0.05) is 39.3 Å². The van der Waals surface area contributed by atoms with Gasteiger partial charge in [0.2, 0.25) is 0 Å². The highest BCUT2D eigenvalue weighted by Gasteiger charge is 2.47. The van der Waals surface area contributed by atoms with Crippen LogP contribution in [0.3, 0.4) is 0 Å². The van der Waals surface area contributed by atoms with Crippen LogP contribution in [0.4, 0.5) is 13.2 Å². The molecule has 2 amide bonds. The van der Waals surface area contributed by atoms with E-state index in [2.05, 4.69) is 0 Å². The first-order valence-corrected chi connectivity index (χ1v) is 13.2. The first-order valence-electron chi connectivity index (χ1n) is 11.8. The Balaban J connectivity index is 2.17. The molecule has 3 rings (SSSR count). The summed E-state index contributed by atoms with van der Waals surface area (Å²) in [5.74, 6) is -2.43. The van der Waals surface area contributed by atoms with Crippen LogP contribution in [0.25, 0.3) is 0 Å². The maximum Gasteiger partial charge on any atom is 0.471 e. The van der Waals surface area contributed by atoms with Crippen LogP contribution in [0.5, 0.6) is 11.5 Å². The molecule has 1 unspecified atom stereocenters. The Bertz CT molecular complexity index is 1290. The number of rotatable bonds is 8. The van der Waals surface area contributed by atoms with Crippen molar-refractivity contribution in [1.82, 2.24) is 14.1 Å². The van der Waals surface area contributed by atoms with Gasteiger partial charge in [0.15, 0.2) is 11.5 Å². The molecule has 2 aromatic rings. The zero-order valence-electron chi connectivity index (χ0n) is 21.7. The van der Waals surface area contributed by atoms with Gasteiger partial charge in [0.1, 0.15) is 0 Å². The summed E-state index contributed by atoms with van der Waals surface area (Å²) in [4.78, 5) is 27.5. The smallest absolute Gasteiger partial charge is 0.471 e. The third-order valence-electron chi connectivity index (χ3n) is 6.32. The van der Waals surface area contributed by atoms with E-state index in [0.29, 0.717) is 34.7 Å². The van der Waals surface area contributed by atoms with Gasteiger partial charge in [-0.1, -0.05) is 12.1 Å². The normalized spacial score (nSPS) is 15.7. The number of halogens is 3. The second-order valence-corrected chi connectivity index (χ2v) is 10.5. The van der Waals surface area contributed by atoms with E-state index in [1.54, 1.807) is 4.90 Å². The van der Waals surface area contributed by atoms with Crippen molar-refractivity contribution in [1.29, 1.82) is 0 Å². The first kappa shape index (κ1) is 29.2. The molecule has 1 heterocycles. The molecule has 0 saturated heterocycles. The number of hydrogen-bond donors (Lipinski definition) is 0. The van der Waals surface area contributed by atoms with Gasteiger partial charge in [-0.05, 0) is 61.2 Å². The van der Waals surface area contributed by atoms with E-state index in [1.807, 2.05) is 13.8 Å². The van der Waals surface area contributed by atoms with E-state index in [1.165, 1.54) is 57.6 Å². The quantitative estimate of drug-likeness (QED) is 0.494. The summed E-state index contributed by atoms with van der Waals surface area (Å²) in [6.45, 7) is 4.40. The van der Waals surface area contributed by atoms with Crippen molar-refractivity contribution in [2.75, 3.05) is 40.8 Å². The molecule has 0 spiro atoms. The fourth-order valence-corrected chi connectivity index (χ4v) is 4.79. The Morgan fingerprint density at radius 2 is 1.66 bits per heavy atom. The molecule has 0 bridgehead atoms. The summed E-state index contributed by atoms with van der Waals surface area (Å²) in [5.41, 5.74) is 1.47.